The molecule has 1 atom stereocenters. The minimum atomic E-state index is 0.125. The number of hydrogen-bond donors (Lipinski definition) is 0. The van der Waals surface area contributed by atoms with Gasteiger partial charge in [-0.2, -0.15) is 0 Å². The number of likely N-dealkylation sites (tertiary alicyclic amines) is 1. The van der Waals surface area contributed by atoms with E-state index in [0.717, 1.165) is 36.4 Å². The lowest BCUT2D eigenvalue weighted by atomic mass is 9.99. The van der Waals surface area contributed by atoms with Crippen LogP contribution in [-0.4, -0.2) is 31.0 Å². The van der Waals surface area contributed by atoms with E-state index in [1.54, 1.807) is 7.11 Å². The maximum Gasteiger partial charge on any atom is 0.253 e. The van der Waals surface area contributed by atoms with Crippen LogP contribution in [0.15, 0.2) is 18.2 Å². The predicted octanol–water partition coefficient (Wildman–Crippen LogP) is 2.88. The average molecular weight is 247 g/mol. The second kappa shape index (κ2) is 5.42. The van der Waals surface area contributed by atoms with E-state index < -0.39 is 0 Å². The normalized spacial score (nSPS) is 19.7. The van der Waals surface area contributed by atoms with Crippen molar-refractivity contribution in [3.05, 3.63) is 29.3 Å². The van der Waals surface area contributed by atoms with E-state index in [4.69, 9.17) is 4.74 Å². The third-order valence-electron chi connectivity index (χ3n) is 3.60. The van der Waals surface area contributed by atoms with Crippen LogP contribution in [0.3, 0.4) is 0 Å². The minimum absolute atomic E-state index is 0.125. The summed E-state index contributed by atoms with van der Waals surface area (Å²) in [5.74, 6) is 1.51. The van der Waals surface area contributed by atoms with Crippen molar-refractivity contribution in [3.8, 4) is 5.75 Å². The highest BCUT2D eigenvalue weighted by Gasteiger charge is 2.22. The number of rotatable bonds is 2. The maximum atomic E-state index is 12.4. The van der Waals surface area contributed by atoms with Crippen LogP contribution in [0, 0.1) is 12.8 Å². The molecule has 2 rings (SSSR count). The molecule has 0 bridgehead atoms. The predicted molar refractivity (Wildman–Crippen MR) is 72.0 cm³/mol. The van der Waals surface area contributed by atoms with Crippen molar-refractivity contribution in [1.29, 1.82) is 0 Å². The maximum absolute atomic E-state index is 12.4. The first kappa shape index (κ1) is 12.9. The summed E-state index contributed by atoms with van der Waals surface area (Å²) >= 11 is 0. The molecule has 0 aliphatic carbocycles. The van der Waals surface area contributed by atoms with Crippen LogP contribution in [-0.2, 0) is 0 Å². The smallest absolute Gasteiger partial charge is 0.253 e. The van der Waals surface area contributed by atoms with Crippen LogP contribution < -0.4 is 4.74 Å². The van der Waals surface area contributed by atoms with Gasteiger partial charge in [0, 0.05) is 18.7 Å². The van der Waals surface area contributed by atoms with Gasteiger partial charge in [0.05, 0.1) is 7.11 Å². The molecule has 0 radical (unpaired) electrons. The number of amides is 1. The lowest BCUT2D eigenvalue weighted by Gasteiger charge is -2.31. The van der Waals surface area contributed by atoms with Gasteiger partial charge >= 0.3 is 0 Å². The Hall–Kier alpha value is -1.51. The molecule has 1 fully saturated rings. The van der Waals surface area contributed by atoms with E-state index >= 15 is 0 Å². The van der Waals surface area contributed by atoms with Gasteiger partial charge < -0.3 is 9.64 Å². The van der Waals surface area contributed by atoms with Crippen molar-refractivity contribution in [2.45, 2.75) is 26.7 Å². The zero-order chi connectivity index (χ0) is 13.1. The Bertz CT molecular complexity index is 442. The fraction of sp³-hybridized carbons (Fsp3) is 0.533. The van der Waals surface area contributed by atoms with Crippen LogP contribution in [0.4, 0.5) is 0 Å². The van der Waals surface area contributed by atoms with Crippen molar-refractivity contribution in [3.63, 3.8) is 0 Å². The summed E-state index contributed by atoms with van der Waals surface area (Å²) in [6.07, 6.45) is 2.33. The fourth-order valence-corrected chi connectivity index (χ4v) is 2.51. The Morgan fingerprint density at radius 1 is 1.44 bits per heavy atom. The largest absolute Gasteiger partial charge is 0.496 e. The van der Waals surface area contributed by atoms with E-state index in [9.17, 15) is 4.79 Å². The van der Waals surface area contributed by atoms with E-state index in [2.05, 4.69) is 6.92 Å². The average Bonchev–Trinajstić information content (AvgIpc) is 2.38. The zero-order valence-electron chi connectivity index (χ0n) is 11.4. The molecule has 98 valence electrons. The third kappa shape index (κ3) is 2.66. The molecule has 1 saturated heterocycles. The molecular weight excluding hydrogens is 226 g/mol. The van der Waals surface area contributed by atoms with Crippen molar-refractivity contribution in [2.24, 2.45) is 5.92 Å². The molecular formula is C15H21NO2. The van der Waals surface area contributed by atoms with Gasteiger partial charge in [-0.15, -0.1) is 0 Å². The van der Waals surface area contributed by atoms with Crippen LogP contribution in [0.5, 0.6) is 5.75 Å². The van der Waals surface area contributed by atoms with E-state index in [1.165, 1.54) is 6.42 Å². The molecule has 0 saturated carbocycles. The molecule has 1 heterocycles. The molecule has 1 amide bonds. The Balaban J connectivity index is 2.17. The Kier molecular flexibility index (Phi) is 3.90. The summed E-state index contributed by atoms with van der Waals surface area (Å²) in [6, 6.07) is 5.68. The number of ether oxygens (including phenoxy) is 1. The molecule has 1 aromatic rings. The minimum Gasteiger partial charge on any atom is -0.496 e. The second-order valence-electron chi connectivity index (χ2n) is 5.18. The molecule has 1 aliphatic rings. The molecule has 1 aromatic carbocycles. The lowest BCUT2D eigenvalue weighted by molar-refractivity contribution is 0.0682. The SMILES string of the molecule is COc1cc(C(=O)N2CCCC(C)C2)ccc1C. The Labute approximate surface area is 109 Å². The highest BCUT2D eigenvalue weighted by Crippen LogP contribution is 2.22. The zero-order valence-corrected chi connectivity index (χ0v) is 11.4. The molecule has 0 aromatic heterocycles. The molecule has 0 N–H and O–H groups in total. The first-order chi connectivity index (χ1) is 8.61. The van der Waals surface area contributed by atoms with E-state index in [-0.39, 0.29) is 5.91 Å². The molecule has 3 nitrogen and oxygen atoms in total. The van der Waals surface area contributed by atoms with Gasteiger partial charge in [-0.25, -0.2) is 0 Å². The summed E-state index contributed by atoms with van der Waals surface area (Å²) in [4.78, 5) is 14.4. The van der Waals surface area contributed by atoms with E-state index in [0.29, 0.717) is 5.92 Å². The molecule has 0 spiro atoms. The van der Waals surface area contributed by atoms with Gasteiger partial charge in [0.15, 0.2) is 0 Å². The summed E-state index contributed by atoms with van der Waals surface area (Å²) < 4.78 is 5.27. The van der Waals surface area contributed by atoms with Crippen molar-refractivity contribution in [2.75, 3.05) is 20.2 Å². The second-order valence-corrected chi connectivity index (χ2v) is 5.18. The van der Waals surface area contributed by atoms with Gasteiger partial charge in [-0.3, -0.25) is 4.79 Å². The number of hydrogen-bond acceptors (Lipinski definition) is 2. The molecule has 1 aliphatic heterocycles. The highest BCUT2D eigenvalue weighted by atomic mass is 16.5. The number of methoxy groups -OCH3 is 1. The lowest BCUT2D eigenvalue weighted by Crippen LogP contribution is -2.39. The Morgan fingerprint density at radius 3 is 2.89 bits per heavy atom. The molecule has 3 heteroatoms. The van der Waals surface area contributed by atoms with Gasteiger partial charge in [-0.1, -0.05) is 13.0 Å². The van der Waals surface area contributed by atoms with Crippen LogP contribution in [0.2, 0.25) is 0 Å². The number of carbonyl (C=O) groups excluding carboxylic acids is 1. The van der Waals surface area contributed by atoms with Gasteiger partial charge in [0.2, 0.25) is 0 Å². The third-order valence-corrected chi connectivity index (χ3v) is 3.60. The Morgan fingerprint density at radius 2 is 2.22 bits per heavy atom. The number of benzene rings is 1. The van der Waals surface area contributed by atoms with Crippen LogP contribution in [0.1, 0.15) is 35.7 Å². The van der Waals surface area contributed by atoms with Crippen LogP contribution >= 0.6 is 0 Å². The van der Waals surface area contributed by atoms with Gasteiger partial charge in [0.25, 0.3) is 5.91 Å². The van der Waals surface area contributed by atoms with Crippen LogP contribution in [0.25, 0.3) is 0 Å². The monoisotopic (exact) mass is 247 g/mol. The first-order valence-corrected chi connectivity index (χ1v) is 6.55. The van der Waals surface area contributed by atoms with Crippen molar-refractivity contribution < 1.29 is 9.53 Å². The first-order valence-electron chi connectivity index (χ1n) is 6.55. The quantitative estimate of drug-likeness (QED) is 0.804. The molecule has 1 unspecified atom stereocenters. The van der Waals surface area contributed by atoms with Crippen molar-refractivity contribution in [1.82, 2.24) is 4.90 Å². The summed E-state index contributed by atoms with van der Waals surface area (Å²) in [5.41, 5.74) is 1.78. The summed E-state index contributed by atoms with van der Waals surface area (Å²) in [7, 11) is 1.64. The summed E-state index contributed by atoms with van der Waals surface area (Å²) in [6.45, 7) is 5.93. The van der Waals surface area contributed by atoms with Gasteiger partial charge in [-0.05, 0) is 43.4 Å². The fourth-order valence-electron chi connectivity index (χ4n) is 2.51. The number of aryl methyl sites for hydroxylation is 1. The van der Waals surface area contributed by atoms with Crippen molar-refractivity contribution >= 4 is 5.91 Å². The summed E-state index contributed by atoms with van der Waals surface area (Å²) in [5, 5.41) is 0. The highest BCUT2D eigenvalue weighted by molar-refractivity contribution is 5.94. The van der Waals surface area contributed by atoms with E-state index in [1.807, 2.05) is 30.0 Å². The standard InChI is InChI=1S/C15H21NO2/c1-11-5-4-8-16(10-11)15(17)13-7-6-12(2)14(9-13)18-3/h6-7,9,11H,4-5,8,10H2,1-3H3. The molecule has 18 heavy (non-hydrogen) atoms. The number of piperidine rings is 1. The van der Waals surface area contributed by atoms with Gasteiger partial charge in [0.1, 0.15) is 5.75 Å². The topological polar surface area (TPSA) is 29.5 Å². The number of nitrogens with zero attached hydrogens (tertiary/aromatic N) is 1. The number of carbonyl (C=O) groups is 1.